The second-order valence-electron chi connectivity index (χ2n) is 27.5. The molecule has 8 N–H and O–H groups in total. The van der Waals surface area contributed by atoms with Gasteiger partial charge >= 0.3 is 27.6 Å². The van der Waals surface area contributed by atoms with Crippen LogP contribution in [0.5, 0.6) is 0 Å². The van der Waals surface area contributed by atoms with E-state index < -0.39 is 109 Å². The fourth-order valence-electron chi connectivity index (χ4n) is 11.2. The van der Waals surface area contributed by atoms with Gasteiger partial charge in [0.25, 0.3) is 0 Å². The summed E-state index contributed by atoms with van der Waals surface area (Å²) in [6.45, 7) is 10.2. The second-order valence-corrected chi connectivity index (χ2v) is 30.4. The molecule has 0 spiro atoms. The van der Waals surface area contributed by atoms with Gasteiger partial charge in [0, 0.05) is 39.1 Å². The Bertz CT molecular complexity index is 2100. The minimum Gasteiger partial charge on any atom is -0.462 e. The van der Waals surface area contributed by atoms with E-state index in [1.165, 1.54) is 38.5 Å². The number of amides is 4. The van der Waals surface area contributed by atoms with Crippen LogP contribution in [0.2, 0.25) is 0 Å². The molecule has 0 aliphatic rings. The first kappa shape index (κ1) is 99.4. The Morgan fingerprint density at radius 3 is 1.01 bits per heavy atom. The van der Waals surface area contributed by atoms with Gasteiger partial charge in [0.1, 0.15) is 18.6 Å². The SMILES string of the molecule is CCCCCCC=CCCCC(=O)O[C@H](CCCCCCC)CC(=O)NC(COCCC(O)CCCCCCC)COP(=O)(O)OCCNC(=O)CC(=O)NCCOP(=O)(O)OCC(COCCC(O)CCCCCCC)NC(=O)C[C@@H](CCCCCCC)OC(=O)CCCC=CCCCCCC. The fourth-order valence-corrected chi connectivity index (χ4v) is 12.8. The van der Waals surface area contributed by atoms with Crippen molar-refractivity contribution < 1.29 is 94.9 Å². The van der Waals surface area contributed by atoms with E-state index in [0.717, 1.165) is 167 Å². The predicted octanol–water partition coefficient (Wildman–Crippen LogP) is 15.8. The maximum absolute atomic E-state index is 13.7. The number of allylic oxidation sites excluding steroid dienone is 4. The topological polar surface area (TPSA) is 339 Å². The third-order valence-electron chi connectivity index (χ3n) is 17.4. The molecular weight excluding hydrogens is 1360 g/mol. The molecule has 0 saturated carbocycles. The number of unbranched alkanes of at least 4 members (excludes halogenated alkanes) is 26. The second kappa shape index (κ2) is 70.1. The number of phosphoric ester groups is 2. The minimum atomic E-state index is -4.81. The molecule has 0 aromatic rings. The first-order valence-corrected chi connectivity index (χ1v) is 43.3. The molecule has 0 aromatic heterocycles. The van der Waals surface area contributed by atoms with Crippen molar-refractivity contribution in [3.8, 4) is 0 Å². The van der Waals surface area contributed by atoms with Crippen molar-refractivity contribution in [1.29, 1.82) is 0 Å². The minimum absolute atomic E-state index is 0.143. The third-order valence-corrected chi connectivity index (χ3v) is 19.3. The van der Waals surface area contributed by atoms with E-state index in [-0.39, 0.29) is 77.1 Å². The summed E-state index contributed by atoms with van der Waals surface area (Å²) in [6.07, 6.45) is 42.6. The molecular formula is C77H146N4O20P2. The zero-order valence-corrected chi connectivity index (χ0v) is 66.7. The zero-order valence-electron chi connectivity index (χ0n) is 64.9. The molecule has 604 valence electrons. The van der Waals surface area contributed by atoms with Gasteiger partial charge in [-0.1, -0.05) is 220 Å². The molecule has 0 aromatic carbocycles. The zero-order chi connectivity index (χ0) is 76.1. The fraction of sp³-hybridized carbons (Fsp3) is 0.870. The number of hydrogen-bond acceptors (Lipinski definition) is 18. The number of nitrogens with one attached hydrogen (secondary N) is 4. The maximum atomic E-state index is 13.7. The van der Waals surface area contributed by atoms with Gasteiger partial charge in [-0.05, 0) is 103 Å². The summed E-state index contributed by atoms with van der Waals surface area (Å²) >= 11 is 0. The lowest BCUT2D eigenvalue weighted by atomic mass is 10.1. The van der Waals surface area contributed by atoms with E-state index in [1.54, 1.807) is 0 Å². The molecule has 26 heteroatoms. The number of ether oxygens (including phenoxy) is 4. The molecule has 4 amide bonds. The molecule has 0 fully saturated rings. The molecule has 0 bridgehead atoms. The Kier molecular flexibility index (Phi) is 67.6. The molecule has 0 aliphatic heterocycles. The van der Waals surface area contributed by atoms with E-state index >= 15 is 0 Å². The molecule has 0 heterocycles. The first-order valence-electron chi connectivity index (χ1n) is 40.3. The summed E-state index contributed by atoms with van der Waals surface area (Å²) in [5, 5.41) is 31.6. The van der Waals surface area contributed by atoms with Crippen molar-refractivity contribution in [3.63, 3.8) is 0 Å². The van der Waals surface area contributed by atoms with Gasteiger partial charge in [-0.2, -0.15) is 0 Å². The number of aliphatic hydroxyl groups excluding tert-OH is 2. The van der Waals surface area contributed by atoms with Crippen LogP contribution < -0.4 is 21.3 Å². The van der Waals surface area contributed by atoms with Crippen molar-refractivity contribution >= 4 is 51.2 Å². The Balaban J connectivity index is 5.62. The molecule has 0 saturated heterocycles. The Morgan fingerprint density at radius 2 is 0.670 bits per heavy atom. The van der Waals surface area contributed by atoms with Crippen molar-refractivity contribution in [3.05, 3.63) is 24.3 Å². The first-order chi connectivity index (χ1) is 49.7. The molecule has 6 unspecified atom stereocenters. The van der Waals surface area contributed by atoms with Crippen molar-refractivity contribution in [2.75, 3.05) is 65.9 Å². The maximum Gasteiger partial charge on any atom is 0.472 e. The summed E-state index contributed by atoms with van der Waals surface area (Å²) in [5.41, 5.74) is 0. The summed E-state index contributed by atoms with van der Waals surface area (Å²) in [5.74, 6) is -3.31. The quantitative estimate of drug-likeness (QED) is 0.00922. The number of carbonyl (C=O) groups is 6. The molecule has 0 rings (SSSR count). The standard InChI is InChI=1S/C77H146N4O20P2/c1-7-13-19-25-27-29-31-37-43-49-76(88)100-70(47-41-35-23-17-11-5)59-74(86)80-66(62-94-55-51-68(82)45-39-33-21-15-9-3)64-98-102(90,91)96-57-53-78-72(84)61-73(85)79-54-58-97-103(92,93)99-65-67(63-95-56-52-69(83)46-40-34-22-16-10-4)81-75(87)60-71(48-42-36-24-18-12-6)101-77(89)50-44-38-32-30-28-26-20-14-8-2/h29-32,66-71,82-83H,7-28,33-65H2,1-6H3,(H,78,84)(H,79,85)(H,80,86)(H,81,87)(H,90,91)(H,92,93)/t66?,67?,68?,69?,70-,71-/m1/s1. The van der Waals surface area contributed by atoms with Crippen molar-refractivity contribution in [2.45, 2.75) is 367 Å². The van der Waals surface area contributed by atoms with Crippen LogP contribution in [-0.2, 0) is 74.9 Å². The van der Waals surface area contributed by atoms with Gasteiger partial charge in [0.05, 0.1) is 76.8 Å². The lowest BCUT2D eigenvalue weighted by molar-refractivity contribution is -0.152. The van der Waals surface area contributed by atoms with Crippen molar-refractivity contribution in [1.82, 2.24) is 21.3 Å². The van der Waals surface area contributed by atoms with Crippen LogP contribution in [0.1, 0.15) is 330 Å². The van der Waals surface area contributed by atoms with Crippen LogP contribution in [0.15, 0.2) is 24.3 Å². The molecule has 8 atom stereocenters. The number of aliphatic hydroxyl groups is 2. The van der Waals surface area contributed by atoms with E-state index in [0.29, 0.717) is 51.4 Å². The summed E-state index contributed by atoms with van der Waals surface area (Å²) in [4.78, 5) is 100. The highest BCUT2D eigenvalue weighted by atomic mass is 31.2. The Morgan fingerprint density at radius 1 is 0.359 bits per heavy atom. The normalized spacial score (nSPS) is 14.7. The van der Waals surface area contributed by atoms with Crippen LogP contribution in [-0.4, -0.2) is 158 Å². The third kappa shape index (κ3) is 67.5. The lowest BCUT2D eigenvalue weighted by Gasteiger charge is -2.23. The monoisotopic (exact) mass is 1510 g/mol. The van der Waals surface area contributed by atoms with Gasteiger partial charge in [-0.15, -0.1) is 0 Å². The van der Waals surface area contributed by atoms with Gasteiger partial charge < -0.3 is 60.2 Å². The number of hydrogen-bond donors (Lipinski definition) is 8. The van der Waals surface area contributed by atoms with Gasteiger partial charge in [-0.25, -0.2) is 9.13 Å². The average molecular weight is 1510 g/mol. The predicted molar refractivity (Wildman–Crippen MR) is 407 cm³/mol. The van der Waals surface area contributed by atoms with Crippen LogP contribution in [0.3, 0.4) is 0 Å². The molecule has 0 radical (unpaired) electrons. The molecule has 0 aliphatic carbocycles. The van der Waals surface area contributed by atoms with Crippen LogP contribution in [0.4, 0.5) is 0 Å². The Labute approximate surface area is 621 Å². The van der Waals surface area contributed by atoms with Crippen LogP contribution >= 0.6 is 15.6 Å². The van der Waals surface area contributed by atoms with Gasteiger partial charge in [0.2, 0.25) is 23.6 Å². The van der Waals surface area contributed by atoms with E-state index in [2.05, 4.69) is 87.1 Å². The van der Waals surface area contributed by atoms with Crippen molar-refractivity contribution in [2.24, 2.45) is 0 Å². The van der Waals surface area contributed by atoms with Crippen LogP contribution in [0, 0.1) is 0 Å². The highest BCUT2D eigenvalue weighted by molar-refractivity contribution is 7.47. The molecule has 103 heavy (non-hydrogen) atoms. The van der Waals surface area contributed by atoms with Crippen LogP contribution in [0.25, 0.3) is 0 Å². The number of phosphoric acid groups is 2. The van der Waals surface area contributed by atoms with Gasteiger partial charge in [-0.3, -0.25) is 46.9 Å². The summed E-state index contributed by atoms with van der Waals surface area (Å²) in [6, 6.07) is -1.92. The largest absolute Gasteiger partial charge is 0.472 e. The van der Waals surface area contributed by atoms with E-state index in [4.69, 9.17) is 37.0 Å². The molecule has 24 nitrogen and oxygen atoms in total. The van der Waals surface area contributed by atoms with Gasteiger partial charge in [0.15, 0.2) is 0 Å². The summed E-state index contributed by atoms with van der Waals surface area (Å²) < 4.78 is 70.5. The lowest BCUT2D eigenvalue weighted by Crippen LogP contribution is -2.43. The Hall–Kier alpha value is -3.64. The smallest absolute Gasteiger partial charge is 0.462 e. The highest BCUT2D eigenvalue weighted by Gasteiger charge is 2.29. The van der Waals surface area contributed by atoms with E-state index in [9.17, 15) is 57.9 Å². The number of esters is 2. The average Bonchev–Trinajstić information content (AvgIpc) is 0.922. The van der Waals surface area contributed by atoms with E-state index in [1.807, 2.05) is 0 Å². The number of rotatable bonds is 76. The number of carbonyl (C=O) groups excluding carboxylic acids is 6. The highest BCUT2D eigenvalue weighted by Crippen LogP contribution is 2.44. The summed E-state index contributed by atoms with van der Waals surface area (Å²) in [7, 11) is -9.61.